The van der Waals surface area contributed by atoms with Crippen molar-refractivity contribution in [3.8, 4) is 34.0 Å². The minimum absolute atomic E-state index is 0.283. The normalized spacial score (nSPS) is 14.6. The Morgan fingerprint density at radius 1 is 1.04 bits per heavy atom. The van der Waals surface area contributed by atoms with Crippen LogP contribution < -0.4 is 9.47 Å². The number of ether oxygens (including phenoxy) is 2. The van der Waals surface area contributed by atoms with Crippen LogP contribution in [0.3, 0.4) is 0 Å². The smallest absolute Gasteiger partial charge is 0.231 e. The first-order chi connectivity index (χ1) is 11.8. The highest BCUT2D eigenvalue weighted by Crippen LogP contribution is 2.43. The van der Waals surface area contributed by atoms with Gasteiger partial charge < -0.3 is 14.0 Å². The van der Waals surface area contributed by atoms with Crippen LogP contribution >= 0.6 is 0 Å². The molecule has 0 bridgehead atoms. The molecular formula is C20H16N2O2. The third-order valence-electron chi connectivity index (χ3n) is 4.51. The Bertz CT molecular complexity index is 971. The first kappa shape index (κ1) is 13.4. The maximum absolute atomic E-state index is 5.60. The molecule has 0 atom stereocenters. The van der Waals surface area contributed by atoms with E-state index in [9.17, 15) is 0 Å². The Labute approximate surface area is 140 Å². The zero-order valence-corrected chi connectivity index (χ0v) is 13.3. The Balaban J connectivity index is 1.80. The number of rotatable bonds is 1. The van der Waals surface area contributed by atoms with Crippen molar-refractivity contribution in [2.24, 2.45) is 0 Å². The SMILES string of the molecule is CC1=Cc2cc3c(cc2-c2c(-c4ccccc4)ncn2C1)OCO3. The molecule has 5 rings (SSSR count). The fraction of sp³-hybridized carbons (Fsp3) is 0.150. The van der Waals surface area contributed by atoms with Gasteiger partial charge in [0.15, 0.2) is 11.5 Å². The summed E-state index contributed by atoms with van der Waals surface area (Å²) < 4.78 is 13.4. The third-order valence-corrected chi connectivity index (χ3v) is 4.51. The fourth-order valence-electron chi connectivity index (χ4n) is 3.45. The average Bonchev–Trinajstić information content (AvgIpc) is 3.18. The zero-order chi connectivity index (χ0) is 16.1. The molecule has 4 heteroatoms. The van der Waals surface area contributed by atoms with Crippen LogP contribution in [0.15, 0.2) is 54.4 Å². The molecule has 3 heterocycles. The molecule has 0 aliphatic carbocycles. The summed E-state index contributed by atoms with van der Waals surface area (Å²) in [4.78, 5) is 4.70. The molecule has 24 heavy (non-hydrogen) atoms. The van der Waals surface area contributed by atoms with Gasteiger partial charge in [-0.3, -0.25) is 0 Å². The zero-order valence-electron chi connectivity index (χ0n) is 13.3. The summed E-state index contributed by atoms with van der Waals surface area (Å²) >= 11 is 0. The van der Waals surface area contributed by atoms with E-state index in [-0.39, 0.29) is 6.79 Å². The van der Waals surface area contributed by atoms with Gasteiger partial charge in [0.25, 0.3) is 0 Å². The van der Waals surface area contributed by atoms with Crippen LogP contribution in [0.5, 0.6) is 11.5 Å². The van der Waals surface area contributed by atoms with Gasteiger partial charge in [-0.2, -0.15) is 0 Å². The van der Waals surface area contributed by atoms with Gasteiger partial charge in [0.1, 0.15) is 0 Å². The summed E-state index contributed by atoms with van der Waals surface area (Å²) in [5.41, 5.74) is 6.81. The highest BCUT2D eigenvalue weighted by molar-refractivity contribution is 5.86. The summed E-state index contributed by atoms with van der Waals surface area (Å²) in [5, 5.41) is 0. The van der Waals surface area contributed by atoms with E-state index in [0.29, 0.717) is 0 Å². The second kappa shape index (κ2) is 4.99. The summed E-state index contributed by atoms with van der Waals surface area (Å²) in [5.74, 6) is 1.61. The van der Waals surface area contributed by atoms with Gasteiger partial charge in [0.05, 0.1) is 17.7 Å². The van der Waals surface area contributed by atoms with Crippen LogP contribution in [0, 0.1) is 0 Å². The predicted molar refractivity (Wildman–Crippen MR) is 92.9 cm³/mol. The van der Waals surface area contributed by atoms with Crippen molar-refractivity contribution in [3.05, 3.63) is 59.9 Å². The number of aromatic nitrogens is 2. The van der Waals surface area contributed by atoms with E-state index in [1.54, 1.807) is 0 Å². The Morgan fingerprint density at radius 3 is 2.67 bits per heavy atom. The van der Waals surface area contributed by atoms with E-state index >= 15 is 0 Å². The molecular weight excluding hydrogens is 300 g/mol. The quantitative estimate of drug-likeness (QED) is 0.669. The topological polar surface area (TPSA) is 36.3 Å². The second-order valence-electron chi connectivity index (χ2n) is 6.22. The lowest BCUT2D eigenvalue weighted by Crippen LogP contribution is -1.98. The lowest BCUT2D eigenvalue weighted by Gasteiger charge is -2.11. The second-order valence-corrected chi connectivity index (χ2v) is 6.22. The number of fused-ring (bicyclic) bond motifs is 4. The standard InChI is InChI=1S/C20H16N2O2/c1-13-7-15-8-17-18(24-12-23-17)9-16(15)20-19(21-11-22(20)10-13)14-5-3-2-4-6-14/h2-9,11H,10,12H2,1H3. The van der Waals surface area contributed by atoms with Crippen LogP contribution in [-0.2, 0) is 6.54 Å². The van der Waals surface area contributed by atoms with Crippen molar-refractivity contribution >= 4 is 6.08 Å². The van der Waals surface area contributed by atoms with E-state index in [1.807, 2.05) is 24.5 Å². The van der Waals surface area contributed by atoms with Gasteiger partial charge >= 0.3 is 0 Å². The molecule has 0 fully saturated rings. The van der Waals surface area contributed by atoms with Gasteiger partial charge in [-0.25, -0.2) is 4.98 Å². The molecule has 3 aromatic rings. The lowest BCUT2D eigenvalue weighted by atomic mass is 9.99. The summed E-state index contributed by atoms with van der Waals surface area (Å²) in [6.07, 6.45) is 4.15. The molecule has 0 saturated heterocycles. The largest absolute Gasteiger partial charge is 0.454 e. The molecule has 0 saturated carbocycles. The minimum Gasteiger partial charge on any atom is -0.454 e. The molecule has 118 valence electrons. The average molecular weight is 316 g/mol. The van der Waals surface area contributed by atoms with Crippen LogP contribution in [0.1, 0.15) is 12.5 Å². The van der Waals surface area contributed by atoms with E-state index < -0.39 is 0 Å². The van der Waals surface area contributed by atoms with Gasteiger partial charge in [-0.1, -0.05) is 42.0 Å². The van der Waals surface area contributed by atoms with E-state index in [1.165, 1.54) is 5.57 Å². The first-order valence-corrected chi connectivity index (χ1v) is 8.01. The Morgan fingerprint density at radius 2 is 1.83 bits per heavy atom. The number of hydrogen-bond acceptors (Lipinski definition) is 3. The number of imidazole rings is 1. The molecule has 0 spiro atoms. The molecule has 2 aliphatic rings. The Hall–Kier alpha value is -3.01. The van der Waals surface area contributed by atoms with Crippen LogP contribution in [0.25, 0.3) is 28.6 Å². The fourth-order valence-corrected chi connectivity index (χ4v) is 3.45. The van der Waals surface area contributed by atoms with Gasteiger partial charge in [0.2, 0.25) is 6.79 Å². The van der Waals surface area contributed by atoms with Gasteiger partial charge in [-0.15, -0.1) is 0 Å². The number of benzene rings is 2. The third kappa shape index (κ3) is 1.96. The highest BCUT2D eigenvalue weighted by Gasteiger charge is 2.24. The Kier molecular flexibility index (Phi) is 2.80. The summed E-state index contributed by atoms with van der Waals surface area (Å²) in [6, 6.07) is 14.5. The van der Waals surface area contributed by atoms with Crippen LogP contribution in [-0.4, -0.2) is 16.3 Å². The molecule has 0 amide bonds. The highest BCUT2D eigenvalue weighted by atomic mass is 16.7. The van der Waals surface area contributed by atoms with E-state index in [4.69, 9.17) is 14.5 Å². The van der Waals surface area contributed by atoms with E-state index in [0.717, 1.165) is 46.1 Å². The van der Waals surface area contributed by atoms with Gasteiger partial charge in [0, 0.05) is 17.7 Å². The summed E-state index contributed by atoms with van der Waals surface area (Å²) in [7, 11) is 0. The van der Waals surface area contributed by atoms with Crippen molar-refractivity contribution in [2.75, 3.05) is 6.79 Å². The maximum Gasteiger partial charge on any atom is 0.231 e. The molecule has 1 aromatic heterocycles. The molecule has 2 aliphatic heterocycles. The minimum atomic E-state index is 0.283. The van der Waals surface area contributed by atoms with Crippen molar-refractivity contribution in [3.63, 3.8) is 0 Å². The van der Waals surface area contributed by atoms with Crippen molar-refractivity contribution in [1.82, 2.24) is 9.55 Å². The predicted octanol–water partition coefficient (Wildman–Crippen LogP) is 4.36. The van der Waals surface area contributed by atoms with Crippen LogP contribution in [0.2, 0.25) is 0 Å². The molecule has 4 nitrogen and oxygen atoms in total. The number of allylic oxidation sites excluding steroid dienone is 1. The van der Waals surface area contributed by atoms with Crippen molar-refractivity contribution < 1.29 is 9.47 Å². The number of nitrogens with zero attached hydrogens (tertiary/aromatic N) is 2. The summed E-state index contributed by atoms with van der Waals surface area (Å²) in [6.45, 7) is 3.26. The monoisotopic (exact) mass is 316 g/mol. The van der Waals surface area contributed by atoms with Crippen LogP contribution in [0.4, 0.5) is 0 Å². The molecule has 2 aromatic carbocycles. The molecule has 0 N–H and O–H groups in total. The van der Waals surface area contributed by atoms with Crippen molar-refractivity contribution in [2.45, 2.75) is 13.5 Å². The maximum atomic E-state index is 5.60. The molecule has 0 unspecified atom stereocenters. The first-order valence-electron chi connectivity index (χ1n) is 8.01. The molecule has 0 radical (unpaired) electrons. The number of hydrogen-bond donors (Lipinski definition) is 0. The lowest BCUT2D eigenvalue weighted by molar-refractivity contribution is 0.174. The van der Waals surface area contributed by atoms with Crippen molar-refractivity contribution in [1.29, 1.82) is 0 Å². The van der Waals surface area contributed by atoms with Gasteiger partial charge in [-0.05, 0) is 24.6 Å². The van der Waals surface area contributed by atoms with E-state index in [2.05, 4.69) is 41.8 Å².